The number of hydrogen-bond donors (Lipinski definition) is 0. The van der Waals surface area contributed by atoms with Gasteiger partial charge in [-0.15, -0.1) is 11.3 Å². The van der Waals surface area contributed by atoms with Crippen molar-refractivity contribution in [2.75, 3.05) is 14.1 Å². The summed E-state index contributed by atoms with van der Waals surface area (Å²) < 4.78 is 0. The number of aryl methyl sites for hydroxylation is 1. The van der Waals surface area contributed by atoms with Gasteiger partial charge >= 0.3 is 0 Å². The summed E-state index contributed by atoms with van der Waals surface area (Å²) in [5, 5.41) is 11.6. The molecule has 0 aliphatic carbocycles. The fourth-order valence-corrected chi connectivity index (χ4v) is 1.62. The van der Waals surface area contributed by atoms with Gasteiger partial charge in [0.1, 0.15) is 16.6 Å². The van der Waals surface area contributed by atoms with Crippen molar-refractivity contribution in [1.82, 2.24) is 9.88 Å². The van der Waals surface area contributed by atoms with Crippen molar-refractivity contribution in [3.63, 3.8) is 0 Å². The van der Waals surface area contributed by atoms with E-state index < -0.39 is 0 Å². The Balaban J connectivity index is 2.99. The molecule has 0 spiro atoms. The number of allylic oxidation sites excluding steroid dienone is 1. The molecule has 0 saturated carbocycles. The van der Waals surface area contributed by atoms with Gasteiger partial charge in [-0.3, -0.25) is 0 Å². The van der Waals surface area contributed by atoms with E-state index in [9.17, 15) is 0 Å². The molecule has 1 rings (SSSR count). The van der Waals surface area contributed by atoms with Gasteiger partial charge in [0, 0.05) is 31.4 Å². The number of rotatable bonds is 2. The van der Waals surface area contributed by atoms with Crippen LogP contribution in [-0.2, 0) is 0 Å². The average Bonchev–Trinajstić information content (AvgIpc) is 2.47. The second kappa shape index (κ2) is 4.06. The van der Waals surface area contributed by atoms with Crippen molar-refractivity contribution >= 4 is 16.9 Å². The van der Waals surface area contributed by atoms with Gasteiger partial charge in [-0.2, -0.15) is 5.26 Å². The minimum Gasteiger partial charge on any atom is -0.382 e. The fourth-order valence-electron chi connectivity index (χ4n) is 0.868. The highest BCUT2D eigenvalue weighted by Crippen LogP contribution is 2.18. The largest absolute Gasteiger partial charge is 0.382 e. The number of nitriles is 1. The monoisotopic (exact) mass is 193 g/mol. The zero-order valence-electron chi connectivity index (χ0n) is 7.90. The van der Waals surface area contributed by atoms with E-state index in [-0.39, 0.29) is 0 Å². The fraction of sp³-hybridized carbons (Fsp3) is 0.333. The molecule has 0 unspecified atom stereocenters. The van der Waals surface area contributed by atoms with Gasteiger partial charge < -0.3 is 4.90 Å². The molecule has 1 aromatic rings. The van der Waals surface area contributed by atoms with Crippen LogP contribution in [0.3, 0.4) is 0 Å². The molecule has 0 atom stereocenters. The van der Waals surface area contributed by atoms with Crippen LogP contribution in [0.5, 0.6) is 0 Å². The first kappa shape index (κ1) is 9.75. The predicted octanol–water partition coefficient (Wildman–Crippen LogP) is 1.88. The van der Waals surface area contributed by atoms with Crippen LogP contribution in [-0.4, -0.2) is 24.0 Å². The van der Waals surface area contributed by atoms with Crippen LogP contribution in [0.1, 0.15) is 10.7 Å². The lowest BCUT2D eigenvalue weighted by Crippen LogP contribution is -2.02. The highest BCUT2D eigenvalue weighted by Gasteiger charge is 2.04. The third-order valence-electron chi connectivity index (χ3n) is 1.36. The Kier molecular flexibility index (Phi) is 3.04. The first-order valence-electron chi connectivity index (χ1n) is 3.84. The van der Waals surface area contributed by atoms with Crippen molar-refractivity contribution < 1.29 is 0 Å². The SMILES string of the molecule is Cc1csc(/C(C#N)=C/N(C)C)n1. The number of thiazole rings is 1. The van der Waals surface area contributed by atoms with Gasteiger partial charge in [-0.05, 0) is 6.92 Å². The molecule has 0 saturated heterocycles. The molecular weight excluding hydrogens is 182 g/mol. The molecule has 1 heterocycles. The zero-order valence-corrected chi connectivity index (χ0v) is 8.72. The normalized spacial score (nSPS) is 11.1. The Morgan fingerprint density at radius 3 is 2.77 bits per heavy atom. The molecule has 0 aliphatic heterocycles. The maximum absolute atomic E-state index is 8.86. The van der Waals surface area contributed by atoms with Crippen LogP contribution >= 0.6 is 11.3 Å². The van der Waals surface area contributed by atoms with Crippen molar-refractivity contribution in [2.45, 2.75) is 6.92 Å². The summed E-state index contributed by atoms with van der Waals surface area (Å²) in [7, 11) is 3.77. The van der Waals surface area contributed by atoms with E-state index in [0.29, 0.717) is 5.57 Å². The van der Waals surface area contributed by atoms with E-state index in [1.807, 2.05) is 31.3 Å². The summed E-state index contributed by atoms with van der Waals surface area (Å²) in [5.74, 6) is 0. The van der Waals surface area contributed by atoms with Crippen LogP contribution < -0.4 is 0 Å². The molecule has 0 N–H and O–H groups in total. The van der Waals surface area contributed by atoms with Gasteiger partial charge in [0.2, 0.25) is 0 Å². The molecule has 1 aromatic heterocycles. The average molecular weight is 193 g/mol. The number of nitrogens with zero attached hydrogens (tertiary/aromatic N) is 3. The summed E-state index contributed by atoms with van der Waals surface area (Å²) in [6, 6.07) is 2.13. The molecule has 68 valence electrons. The van der Waals surface area contributed by atoms with Crippen LogP contribution in [0, 0.1) is 18.3 Å². The molecule has 0 fully saturated rings. The Morgan fingerprint density at radius 2 is 2.38 bits per heavy atom. The van der Waals surface area contributed by atoms with E-state index in [1.54, 1.807) is 6.20 Å². The Morgan fingerprint density at radius 1 is 1.69 bits per heavy atom. The Hall–Kier alpha value is -1.34. The summed E-state index contributed by atoms with van der Waals surface area (Å²) in [5.41, 5.74) is 1.57. The number of hydrogen-bond acceptors (Lipinski definition) is 4. The third-order valence-corrected chi connectivity index (χ3v) is 2.35. The molecular formula is C9H11N3S. The molecule has 0 radical (unpaired) electrons. The maximum Gasteiger partial charge on any atom is 0.135 e. The van der Waals surface area contributed by atoms with Crippen LogP contribution in [0.15, 0.2) is 11.6 Å². The summed E-state index contributed by atoms with van der Waals surface area (Å²) in [4.78, 5) is 6.08. The smallest absolute Gasteiger partial charge is 0.135 e. The van der Waals surface area contributed by atoms with Gasteiger partial charge in [-0.25, -0.2) is 4.98 Å². The summed E-state index contributed by atoms with van der Waals surface area (Å²) >= 11 is 1.50. The van der Waals surface area contributed by atoms with E-state index in [1.165, 1.54) is 11.3 Å². The van der Waals surface area contributed by atoms with Crippen LogP contribution in [0.25, 0.3) is 5.57 Å². The van der Waals surface area contributed by atoms with E-state index in [4.69, 9.17) is 5.26 Å². The first-order chi connectivity index (χ1) is 6.13. The Labute approximate surface area is 81.9 Å². The quantitative estimate of drug-likeness (QED) is 0.673. The van der Waals surface area contributed by atoms with Crippen LogP contribution in [0.4, 0.5) is 0 Å². The van der Waals surface area contributed by atoms with Crippen molar-refractivity contribution in [2.24, 2.45) is 0 Å². The topological polar surface area (TPSA) is 39.9 Å². The highest BCUT2D eigenvalue weighted by molar-refractivity contribution is 7.10. The molecule has 0 aliphatic rings. The minimum absolute atomic E-state index is 0.614. The Bertz CT molecular complexity index is 357. The lowest BCUT2D eigenvalue weighted by Gasteiger charge is -2.03. The van der Waals surface area contributed by atoms with Crippen LogP contribution in [0.2, 0.25) is 0 Å². The first-order valence-corrected chi connectivity index (χ1v) is 4.72. The van der Waals surface area contributed by atoms with Crippen molar-refractivity contribution in [3.05, 3.63) is 22.3 Å². The molecule has 0 aromatic carbocycles. The predicted molar refractivity (Wildman–Crippen MR) is 54.1 cm³/mol. The summed E-state index contributed by atoms with van der Waals surface area (Å²) in [6.07, 6.45) is 1.78. The second-order valence-corrected chi connectivity index (χ2v) is 3.77. The second-order valence-electron chi connectivity index (χ2n) is 2.91. The van der Waals surface area contributed by atoms with Gasteiger partial charge in [0.05, 0.1) is 0 Å². The molecule has 3 nitrogen and oxygen atoms in total. The van der Waals surface area contributed by atoms with Crippen molar-refractivity contribution in [1.29, 1.82) is 5.26 Å². The van der Waals surface area contributed by atoms with Gasteiger partial charge in [-0.1, -0.05) is 0 Å². The summed E-state index contributed by atoms with van der Waals surface area (Å²) in [6.45, 7) is 1.92. The lowest BCUT2D eigenvalue weighted by atomic mass is 10.3. The highest BCUT2D eigenvalue weighted by atomic mass is 32.1. The number of aromatic nitrogens is 1. The van der Waals surface area contributed by atoms with Gasteiger partial charge in [0.15, 0.2) is 0 Å². The van der Waals surface area contributed by atoms with E-state index >= 15 is 0 Å². The standard InChI is InChI=1S/C9H11N3S/c1-7-6-13-9(11-7)8(4-10)5-12(2)3/h5-6H,1-3H3/b8-5+. The van der Waals surface area contributed by atoms with Crippen molar-refractivity contribution in [3.8, 4) is 6.07 Å². The zero-order chi connectivity index (χ0) is 9.84. The van der Waals surface area contributed by atoms with Gasteiger partial charge in [0.25, 0.3) is 0 Å². The third kappa shape index (κ3) is 2.56. The maximum atomic E-state index is 8.86. The van der Waals surface area contributed by atoms with E-state index in [2.05, 4.69) is 11.1 Å². The minimum atomic E-state index is 0.614. The lowest BCUT2D eigenvalue weighted by molar-refractivity contribution is 0.566. The molecule has 13 heavy (non-hydrogen) atoms. The van der Waals surface area contributed by atoms with E-state index in [0.717, 1.165) is 10.7 Å². The molecule has 4 heteroatoms. The molecule has 0 amide bonds. The molecule has 0 bridgehead atoms.